The van der Waals surface area contributed by atoms with Crippen molar-refractivity contribution in [3.8, 4) is 0 Å². The monoisotopic (exact) mass is 529 g/mol. The highest BCUT2D eigenvalue weighted by Gasteiger charge is 2.21. The molecule has 0 N–H and O–H groups in total. The Hall–Kier alpha value is -2.82. The van der Waals surface area contributed by atoms with Gasteiger partial charge in [-0.15, -0.1) is 0 Å². The number of fused-ring (bicyclic) bond motifs is 1. The molecular weight excluding hydrogens is 506 g/mol. The molecule has 0 unspecified atom stereocenters. The van der Waals surface area contributed by atoms with Gasteiger partial charge in [-0.25, -0.2) is 8.42 Å². The van der Waals surface area contributed by atoms with E-state index < -0.39 is 15.9 Å². The highest BCUT2D eigenvalue weighted by molar-refractivity contribution is 7.89. The quantitative estimate of drug-likeness (QED) is 0.335. The number of benzene rings is 3. The van der Waals surface area contributed by atoms with E-state index in [1.165, 1.54) is 47.0 Å². The van der Waals surface area contributed by atoms with Gasteiger partial charge in [0.15, 0.2) is 4.80 Å². The Morgan fingerprint density at radius 1 is 1.09 bits per heavy atom. The molecule has 35 heavy (non-hydrogen) atoms. The number of sulfonamides is 1. The van der Waals surface area contributed by atoms with E-state index in [0.29, 0.717) is 28.5 Å². The molecule has 10 heteroatoms. The zero-order chi connectivity index (χ0) is 25.0. The first-order valence-corrected chi connectivity index (χ1v) is 13.4. The van der Waals surface area contributed by atoms with Gasteiger partial charge in [0.1, 0.15) is 0 Å². The Kier molecular flexibility index (Phi) is 7.83. The predicted octanol–water partition coefficient (Wildman–Crippen LogP) is 4.56. The average molecular weight is 530 g/mol. The number of ether oxygens (including phenoxy) is 1. The lowest BCUT2D eigenvalue weighted by Crippen LogP contribution is -2.26. The maximum atomic E-state index is 13.0. The fourth-order valence-corrected chi connectivity index (χ4v) is 6.05. The number of hydrogen-bond acceptors (Lipinski definition) is 5. The van der Waals surface area contributed by atoms with Gasteiger partial charge in [-0.3, -0.25) is 4.79 Å². The molecule has 1 amide bonds. The molecule has 0 saturated heterocycles. The fourth-order valence-electron chi connectivity index (χ4n) is 3.56. The number of carbonyl (C=O) groups excluding carboxylic acids is 1. The van der Waals surface area contributed by atoms with Gasteiger partial charge in [0, 0.05) is 37.8 Å². The minimum Gasteiger partial charge on any atom is -0.383 e. The van der Waals surface area contributed by atoms with Crippen LogP contribution in [0.5, 0.6) is 0 Å². The number of halogens is 1. The molecule has 1 aromatic heterocycles. The van der Waals surface area contributed by atoms with Crippen molar-refractivity contribution in [3.63, 3.8) is 0 Å². The van der Waals surface area contributed by atoms with Crippen LogP contribution in [0.2, 0.25) is 5.02 Å². The molecule has 4 aromatic rings. The highest BCUT2D eigenvalue weighted by atomic mass is 35.5. The molecule has 3 aromatic carbocycles. The van der Waals surface area contributed by atoms with E-state index in [1.54, 1.807) is 13.2 Å². The van der Waals surface area contributed by atoms with E-state index in [2.05, 4.69) is 4.99 Å². The Morgan fingerprint density at radius 2 is 1.80 bits per heavy atom. The topological polar surface area (TPSA) is 81.0 Å². The second-order valence-electron chi connectivity index (χ2n) is 7.83. The van der Waals surface area contributed by atoms with Gasteiger partial charge in [-0.1, -0.05) is 53.3 Å². The molecule has 4 rings (SSSR count). The van der Waals surface area contributed by atoms with Gasteiger partial charge >= 0.3 is 0 Å². The Bertz CT molecular complexity index is 1510. The third kappa shape index (κ3) is 5.71. The minimum absolute atomic E-state index is 0.110. The van der Waals surface area contributed by atoms with E-state index in [0.717, 1.165) is 15.8 Å². The largest absolute Gasteiger partial charge is 0.383 e. The van der Waals surface area contributed by atoms with Crippen LogP contribution < -0.4 is 4.80 Å². The summed E-state index contributed by atoms with van der Waals surface area (Å²) in [7, 11) is -0.571. The van der Waals surface area contributed by atoms with Gasteiger partial charge in [0.2, 0.25) is 10.0 Å². The molecule has 0 aliphatic carbocycles. The zero-order valence-electron chi connectivity index (χ0n) is 19.2. The van der Waals surface area contributed by atoms with Crippen LogP contribution in [0.4, 0.5) is 0 Å². The number of aromatic nitrogens is 1. The van der Waals surface area contributed by atoms with E-state index in [9.17, 15) is 13.2 Å². The Labute approximate surface area is 212 Å². The zero-order valence-corrected chi connectivity index (χ0v) is 21.6. The van der Waals surface area contributed by atoms with Crippen molar-refractivity contribution in [2.24, 2.45) is 4.99 Å². The molecule has 0 fully saturated rings. The highest BCUT2D eigenvalue weighted by Crippen LogP contribution is 2.22. The number of amides is 1. The van der Waals surface area contributed by atoms with Gasteiger partial charge in [-0.05, 0) is 48.0 Å². The summed E-state index contributed by atoms with van der Waals surface area (Å²) in [4.78, 5) is 17.9. The second kappa shape index (κ2) is 10.8. The molecule has 0 aliphatic heterocycles. The summed E-state index contributed by atoms with van der Waals surface area (Å²) in [6.45, 7) is 1.23. The standard InChI is InChI=1S/C25H24ClN3O4S2/c1-28(17-18-6-4-3-5-7-18)35(31,32)21-11-8-19(9-12-21)24(30)27-25-29(14-15-33-2)22-13-10-20(26)16-23(22)34-25/h3-13,16H,14-15,17H2,1-2H3. The lowest BCUT2D eigenvalue weighted by Gasteiger charge is -2.17. The van der Waals surface area contributed by atoms with Crippen LogP contribution in [-0.2, 0) is 27.8 Å². The second-order valence-corrected chi connectivity index (χ2v) is 11.3. The summed E-state index contributed by atoms with van der Waals surface area (Å²) in [5.41, 5.74) is 2.09. The van der Waals surface area contributed by atoms with Gasteiger partial charge < -0.3 is 9.30 Å². The molecule has 182 valence electrons. The summed E-state index contributed by atoms with van der Waals surface area (Å²) in [6.07, 6.45) is 0. The van der Waals surface area contributed by atoms with Gasteiger partial charge in [0.25, 0.3) is 5.91 Å². The Balaban J connectivity index is 1.60. The van der Waals surface area contributed by atoms with Crippen LogP contribution >= 0.6 is 22.9 Å². The predicted molar refractivity (Wildman–Crippen MR) is 138 cm³/mol. The fraction of sp³-hybridized carbons (Fsp3) is 0.200. The molecule has 0 aliphatic rings. The first kappa shape index (κ1) is 25.3. The molecule has 7 nitrogen and oxygen atoms in total. The summed E-state index contributed by atoms with van der Waals surface area (Å²) in [5.74, 6) is -0.463. The maximum absolute atomic E-state index is 13.0. The van der Waals surface area contributed by atoms with Gasteiger partial charge in [0.05, 0.1) is 21.7 Å². The van der Waals surface area contributed by atoms with Crippen LogP contribution in [0.25, 0.3) is 10.2 Å². The van der Waals surface area contributed by atoms with Crippen LogP contribution in [0.1, 0.15) is 15.9 Å². The summed E-state index contributed by atoms with van der Waals surface area (Å²) in [6, 6.07) is 20.7. The third-order valence-electron chi connectivity index (χ3n) is 5.42. The number of methoxy groups -OCH3 is 1. The van der Waals surface area contributed by atoms with Gasteiger partial charge in [-0.2, -0.15) is 9.30 Å². The lowest BCUT2D eigenvalue weighted by atomic mass is 10.2. The molecule has 1 heterocycles. The summed E-state index contributed by atoms with van der Waals surface area (Å²) < 4.78 is 35.3. The van der Waals surface area contributed by atoms with Crippen molar-refractivity contribution in [1.29, 1.82) is 0 Å². The van der Waals surface area contributed by atoms with Crippen molar-refractivity contribution in [2.45, 2.75) is 18.0 Å². The van der Waals surface area contributed by atoms with Crippen molar-refractivity contribution >= 4 is 49.1 Å². The smallest absolute Gasteiger partial charge is 0.279 e. The number of thiazole rings is 1. The minimum atomic E-state index is -3.71. The van der Waals surface area contributed by atoms with Crippen molar-refractivity contribution in [3.05, 3.63) is 93.7 Å². The first-order chi connectivity index (χ1) is 16.8. The summed E-state index contributed by atoms with van der Waals surface area (Å²) in [5, 5.41) is 0.601. The van der Waals surface area contributed by atoms with Crippen molar-refractivity contribution < 1.29 is 17.9 Å². The number of nitrogens with zero attached hydrogens (tertiary/aromatic N) is 3. The van der Waals surface area contributed by atoms with Crippen molar-refractivity contribution in [1.82, 2.24) is 8.87 Å². The SMILES string of the molecule is COCCn1c(=NC(=O)c2ccc(S(=O)(=O)N(C)Cc3ccccc3)cc2)sc2cc(Cl)ccc21. The number of carbonyl (C=O) groups is 1. The van der Waals surface area contributed by atoms with Crippen LogP contribution in [0.15, 0.2) is 82.7 Å². The molecular formula is C25H24ClN3O4S2. The van der Waals surface area contributed by atoms with Crippen molar-refractivity contribution in [2.75, 3.05) is 20.8 Å². The normalized spacial score (nSPS) is 12.5. The van der Waals surface area contributed by atoms with E-state index in [-0.39, 0.29) is 11.4 Å². The average Bonchev–Trinajstić information content (AvgIpc) is 3.18. The number of hydrogen-bond donors (Lipinski definition) is 0. The van der Waals surface area contributed by atoms with E-state index >= 15 is 0 Å². The summed E-state index contributed by atoms with van der Waals surface area (Å²) >= 11 is 7.48. The lowest BCUT2D eigenvalue weighted by molar-refractivity contribution is 0.0997. The van der Waals surface area contributed by atoms with E-state index in [4.69, 9.17) is 16.3 Å². The van der Waals surface area contributed by atoms with Crippen LogP contribution in [-0.4, -0.2) is 44.0 Å². The molecule has 0 bridgehead atoms. The molecule has 0 radical (unpaired) electrons. The van der Waals surface area contributed by atoms with E-state index in [1.807, 2.05) is 47.0 Å². The Morgan fingerprint density at radius 3 is 2.49 bits per heavy atom. The van der Waals surface area contributed by atoms with Crippen LogP contribution in [0.3, 0.4) is 0 Å². The third-order valence-corrected chi connectivity index (χ3v) is 8.51. The molecule has 0 spiro atoms. The molecule has 0 atom stereocenters. The maximum Gasteiger partial charge on any atom is 0.279 e. The molecule has 0 saturated carbocycles. The number of rotatable bonds is 8. The van der Waals surface area contributed by atoms with Crippen LogP contribution in [0, 0.1) is 0 Å². The first-order valence-electron chi connectivity index (χ1n) is 10.8.